The summed E-state index contributed by atoms with van der Waals surface area (Å²) in [4.78, 5) is 4.82. The summed E-state index contributed by atoms with van der Waals surface area (Å²) in [6, 6.07) is 18.1. The van der Waals surface area contributed by atoms with Crippen LogP contribution in [-0.4, -0.2) is 59.8 Å². The lowest BCUT2D eigenvalue weighted by Gasteiger charge is -2.33. The molecule has 0 N–H and O–H groups in total. The SMILES string of the molecule is COc1ccccc1-c1nnc(CN2CCN(C/C=C/c3ccccc3)CC2)o1. The number of nitrogens with zero attached hydrogens (tertiary/aromatic N) is 4. The van der Waals surface area contributed by atoms with E-state index >= 15 is 0 Å². The first kappa shape index (κ1) is 19.4. The molecule has 1 saturated heterocycles. The van der Waals surface area contributed by atoms with Gasteiger partial charge in [0, 0.05) is 32.7 Å². The molecule has 1 fully saturated rings. The fraction of sp³-hybridized carbons (Fsp3) is 0.304. The Balaban J connectivity index is 1.27. The largest absolute Gasteiger partial charge is 0.496 e. The van der Waals surface area contributed by atoms with Gasteiger partial charge in [-0.05, 0) is 17.7 Å². The number of methoxy groups -OCH3 is 1. The van der Waals surface area contributed by atoms with Crippen molar-refractivity contribution in [3.63, 3.8) is 0 Å². The molecule has 150 valence electrons. The first-order valence-corrected chi connectivity index (χ1v) is 9.94. The van der Waals surface area contributed by atoms with Gasteiger partial charge in [-0.1, -0.05) is 54.6 Å². The van der Waals surface area contributed by atoms with E-state index in [-0.39, 0.29) is 0 Å². The summed E-state index contributed by atoms with van der Waals surface area (Å²) in [5.74, 6) is 1.88. The van der Waals surface area contributed by atoms with Crippen LogP contribution in [0.25, 0.3) is 17.5 Å². The minimum atomic E-state index is 0.502. The molecule has 2 heterocycles. The lowest BCUT2D eigenvalue weighted by atomic mass is 10.2. The Labute approximate surface area is 171 Å². The van der Waals surface area contributed by atoms with Crippen molar-refractivity contribution in [3.8, 4) is 17.2 Å². The monoisotopic (exact) mass is 390 g/mol. The highest BCUT2D eigenvalue weighted by Gasteiger charge is 2.19. The van der Waals surface area contributed by atoms with Crippen LogP contribution in [0.1, 0.15) is 11.5 Å². The third kappa shape index (κ3) is 5.10. The second kappa shape index (κ2) is 9.49. The van der Waals surface area contributed by atoms with Crippen molar-refractivity contribution in [1.29, 1.82) is 0 Å². The van der Waals surface area contributed by atoms with Gasteiger partial charge in [0.2, 0.25) is 5.89 Å². The van der Waals surface area contributed by atoms with E-state index in [4.69, 9.17) is 9.15 Å². The number of hydrogen-bond acceptors (Lipinski definition) is 6. The third-order valence-electron chi connectivity index (χ3n) is 5.10. The van der Waals surface area contributed by atoms with Gasteiger partial charge >= 0.3 is 0 Å². The normalized spacial score (nSPS) is 15.8. The van der Waals surface area contributed by atoms with Crippen LogP contribution in [0.3, 0.4) is 0 Å². The quantitative estimate of drug-likeness (QED) is 0.615. The standard InChI is InChI=1S/C23H26N4O2/c1-28-21-12-6-5-11-20(21)23-25-24-22(29-23)18-27-16-14-26(15-17-27)13-7-10-19-8-3-2-4-9-19/h2-12H,13-18H2,1H3/b10-7+. The lowest BCUT2D eigenvalue weighted by Crippen LogP contribution is -2.45. The minimum Gasteiger partial charge on any atom is -0.496 e. The molecule has 0 atom stereocenters. The molecular formula is C23H26N4O2. The van der Waals surface area contributed by atoms with E-state index in [0.717, 1.165) is 44.0 Å². The summed E-state index contributed by atoms with van der Waals surface area (Å²) >= 11 is 0. The topological polar surface area (TPSA) is 54.6 Å². The van der Waals surface area contributed by atoms with Gasteiger partial charge in [0.1, 0.15) is 5.75 Å². The summed E-state index contributed by atoms with van der Waals surface area (Å²) in [7, 11) is 1.64. The number of para-hydroxylation sites is 1. The molecule has 0 spiro atoms. The van der Waals surface area contributed by atoms with Crippen LogP contribution in [0, 0.1) is 0 Å². The maximum Gasteiger partial charge on any atom is 0.251 e. The van der Waals surface area contributed by atoms with Crippen molar-refractivity contribution >= 4 is 6.08 Å². The van der Waals surface area contributed by atoms with Gasteiger partial charge in [-0.2, -0.15) is 0 Å². The van der Waals surface area contributed by atoms with E-state index in [0.29, 0.717) is 18.3 Å². The summed E-state index contributed by atoms with van der Waals surface area (Å²) in [6.07, 6.45) is 4.42. The van der Waals surface area contributed by atoms with Crippen LogP contribution in [0.2, 0.25) is 0 Å². The number of hydrogen-bond donors (Lipinski definition) is 0. The van der Waals surface area contributed by atoms with Gasteiger partial charge in [0.05, 0.1) is 19.2 Å². The van der Waals surface area contributed by atoms with Crippen LogP contribution in [0.15, 0.2) is 65.1 Å². The molecule has 0 saturated carbocycles. The molecule has 3 aromatic rings. The zero-order valence-corrected chi connectivity index (χ0v) is 16.7. The first-order chi connectivity index (χ1) is 14.3. The molecule has 2 aromatic carbocycles. The summed E-state index contributed by atoms with van der Waals surface area (Å²) in [5, 5.41) is 8.43. The predicted octanol–water partition coefficient (Wildman–Crippen LogP) is 3.58. The van der Waals surface area contributed by atoms with Gasteiger partial charge in [-0.15, -0.1) is 10.2 Å². The molecule has 6 nitrogen and oxygen atoms in total. The highest BCUT2D eigenvalue weighted by atomic mass is 16.5. The molecule has 0 radical (unpaired) electrons. The zero-order chi connectivity index (χ0) is 19.9. The maximum atomic E-state index is 5.89. The summed E-state index contributed by atoms with van der Waals surface area (Å²) < 4.78 is 11.3. The molecular weight excluding hydrogens is 364 g/mol. The van der Waals surface area contributed by atoms with Crippen molar-refractivity contribution < 1.29 is 9.15 Å². The summed E-state index contributed by atoms with van der Waals surface area (Å²) in [5.41, 5.74) is 2.07. The van der Waals surface area contributed by atoms with Crippen molar-refractivity contribution in [2.24, 2.45) is 0 Å². The molecule has 29 heavy (non-hydrogen) atoms. The van der Waals surface area contributed by atoms with Crippen LogP contribution < -0.4 is 4.74 Å². The smallest absolute Gasteiger partial charge is 0.251 e. The van der Waals surface area contributed by atoms with Crippen LogP contribution >= 0.6 is 0 Å². The number of ether oxygens (including phenoxy) is 1. The Hall–Kier alpha value is -2.96. The van der Waals surface area contributed by atoms with Crippen molar-refractivity contribution in [3.05, 3.63) is 72.1 Å². The second-order valence-corrected chi connectivity index (χ2v) is 7.09. The number of rotatable bonds is 7. The fourth-order valence-electron chi connectivity index (χ4n) is 3.47. The highest BCUT2D eigenvalue weighted by molar-refractivity contribution is 5.62. The van der Waals surface area contributed by atoms with Crippen LogP contribution in [-0.2, 0) is 6.54 Å². The Kier molecular flexibility index (Phi) is 6.34. The number of benzene rings is 2. The third-order valence-corrected chi connectivity index (χ3v) is 5.10. The van der Waals surface area contributed by atoms with Crippen LogP contribution in [0.5, 0.6) is 5.75 Å². The summed E-state index contributed by atoms with van der Waals surface area (Å²) in [6.45, 7) is 5.70. The van der Waals surface area contributed by atoms with Crippen molar-refractivity contribution in [1.82, 2.24) is 20.0 Å². The zero-order valence-electron chi connectivity index (χ0n) is 16.7. The molecule has 1 aromatic heterocycles. The van der Waals surface area contributed by atoms with Gasteiger partial charge in [0.25, 0.3) is 5.89 Å². The van der Waals surface area contributed by atoms with E-state index in [2.05, 4.69) is 56.4 Å². The van der Waals surface area contributed by atoms with Gasteiger partial charge in [-0.3, -0.25) is 9.80 Å². The van der Waals surface area contributed by atoms with E-state index in [1.165, 1.54) is 5.56 Å². The Morgan fingerprint density at radius 2 is 1.66 bits per heavy atom. The van der Waals surface area contributed by atoms with Crippen molar-refractivity contribution in [2.45, 2.75) is 6.54 Å². The van der Waals surface area contributed by atoms with E-state index < -0.39 is 0 Å². The van der Waals surface area contributed by atoms with Gasteiger partial charge < -0.3 is 9.15 Å². The minimum absolute atomic E-state index is 0.502. The Bertz CT molecular complexity index is 931. The first-order valence-electron chi connectivity index (χ1n) is 9.94. The molecule has 0 aliphatic carbocycles. The number of aromatic nitrogens is 2. The maximum absolute atomic E-state index is 5.89. The van der Waals surface area contributed by atoms with E-state index in [9.17, 15) is 0 Å². The highest BCUT2D eigenvalue weighted by Crippen LogP contribution is 2.28. The molecule has 1 aliphatic rings. The molecule has 1 aliphatic heterocycles. The number of piperazine rings is 1. The lowest BCUT2D eigenvalue weighted by molar-refractivity contribution is 0.128. The Morgan fingerprint density at radius 1 is 0.931 bits per heavy atom. The van der Waals surface area contributed by atoms with Gasteiger partial charge in [-0.25, -0.2) is 0 Å². The second-order valence-electron chi connectivity index (χ2n) is 7.09. The average Bonchev–Trinajstić information content (AvgIpc) is 3.24. The fourth-order valence-corrected chi connectivity index (χ4v) is 3.47. The van der Waals surface area contributed by atoms with Crippen molar-refractivity contribution in [2.75, 3.05) is 39.8 Å². The Morgan fingerprint density at radius 3 is 2.45 bits per heavy atom. The van der Waals surface area contributed by atoms with E-state index in [1.807, 2.05) is 30.3 Å². The molecule has 0 amide bonds. The van der Waals surface area contributed by atoms with E-state index in [1.54, 1.807) is 7.11 Å². The average molecular weight is 390 g/mol. The van der Waals surface area contributed by atoms with Gasteiger partial charge in [0.15, 0.2) is 0 Å². The predicted molar refractivity (Wildman–Crippen MR) is 113 cm³/mol. The molecule has 0 bridgehead atoms. The molecule has 0 unspecified atom stereocenters. The molecule has 4 rings (SSSR count). The molecule has 6 heteroatoms. The van der Waals surface area contributed by atoms with Crippen LogP contribution in [0.4, 0.5) is 0 Å².